The number of aryl methyl sites for hydroxylation is 2. The Kier molecular flexibility index (Phi) is 5.32. The molecule has 6 nitrogen and oxygen atoms in total. The lowest BCUT2D eigenvalue weighted by Gasteiger charge is -2.10. The van der Waals surface area contributed by atoms with E-state index in [1.165, 1.54) is 9.44 Å². The molecule has 0 fully saturated rings. The van der Waals surface area contributed by atoms with Crippen LogP contribution in [-0.4, -0.2) is 27.1 Å². The van der Waals surface area contributed by atoms with Crippen molar-refractivity contribution in [2.75, 3.05) is 5.75 Å². The summed E-state index contributed by atoms with van der Waals surface area (Å²) in [5.74, 6) is -0.844. The molecule has 0 spiro atoms. The summed E-state index contributed by atoms with van der Waals surface area (Å²) < 4.78 is 1.50. The molecule has 0 bridgehead atoms. The van der Waals surface area contributed by atoms with Crippen molar-refractivity contribution in [2.24, 2.45) is 7.05 Å². The minimum atomic E-state index is -0.436. The lowest BCUT2D eigenvalue weighted by atomic mass is 9.97. The first-order valence-corrected chi connectivity index (χ1v) is 10.9. The lowest BCUT2D eigenvalue weighted by Crippen LogP contribution is -2.32. The van der Waals surface area contributed by atoms with E-state index in [4.69, 9.17) is 0 Å². The van der Waals surface area contributed by atoms with E-state index in [0.717, 1.165) is 53.2 Å². The zero-order valence-corrected chi connectivity index (χ0v) is 17.0. The number of thiophene rings is 1. The fourth-order valence-corrected chi connectivity index (χ4v) is 5.43. The zero-order chi connectivity index (χ0) is 19.7. The van der Waals surface area contributed by atoms with E-state index in [1.807, 2.05) is 0 Å². The minimum Gasteiger partial charge on any atom is -0.292 e. The van der Waals surface area contributed by atoms with E-state index < -0.39 is 11.8 Å². The number of rotatable bonds is 4. The van der Waals surface area contributed by atoms with Gasteiger partial charge in [-0.1, -0.05) is 30.0 Å². The Labute approximate surface area is 170 Å². The Hall–Kier alpha value is -2.45. The molecule has 0 saturated carbocycles. The van der Waals surface area contributed by atoms with Gasteiger partial charge in [-0.2, -0.15) is 0 Å². The number of thioether (sulfide) groups is 1. The van der Waals surface area contributed by atoms with Crippen LogP contribution in [0.1, 0.15) is 33.6 Å². The number of nitrogens with one attached hydrogen (secondary N) is 1. The zero-order valence-electron chi connectivity index (χ0n) is 15.4. The molecule has 2 amide bonds. The molecule has 0 aliphatic heterocycles. The van der Waals surface area contributed by atoms with Crippen LogP contribution >= 0.6 is 23.1 Å². The molecule has 8 heteroatoms. The second-order valence-electron chi connectivity index (χ2n) is 6.68. The van der Waals surface area contributed by atoms with Crippen LogP contribution in [0.15, 0.2) is 40.3 Å². The molecule has 0 radical (unpaired) electrons. The quantitative estimate of drug-likeness (QED) is 0.525. The summed E-state index contributed by atoms with van der Waals surface area (Å²) in [5.41, 5.74) is 1.52. The number of hydrogen-bond donors (Lipinski definition) is 1. The summed E-state index contributed by atoms with van der Waals surface area (Å²) in [6.07, 6.45) is 4.19. The van der Waals surface area contributed by atoms with Gasteiger partial charge in [0.2, 0.25) is 5.91 Å². The minimum absolute atomic E-state index is 0.00937. The van der Waals surface area contributed by atoms with Crippen LogP contribution in [-0.2, 0) is 24.7 Å². The highest BCUT2D eigenvalue weighted by molar-refractivity contribution is 7.99. The molecule has 1 aromatic carbocycles. The van der Waals surface area contributed by atoms with E-state index in [1.54, 1.807) is 48.7 Å². The highest BCUT2D eigenvalue weighted by atomic mass is 32.2. The molecule has 0 saturated heterocycles. The second kappa shape index (κ2) is 7.89. The molecular weight excluding hydrogens is 394 g/mol. The summed E-state index contributed by atoms with van der Waals surface area (Å²) in [6, 6.07) is 8.58. The molecule has 1 aliphatic rings. The molecule has 1 N–H and O–H groups in total. The number of carbonyl (C=O) groups is 2. The SMILES string of the molecule is Cn1c(SCC(=O)NC(=O)c2ccccc2)nc2sc3c(c2c1=O)CCCC3. The van der Waals surface area contributed by atoms with Crippen LogP contribution in [0.2, 0.25) is 0 Å². The molecule has 1 aliphatic carbocycles. The Balaban J connectivity index is 1.50. The first-order chi connectivity index (χ1) is 13.5. The van der Waals surface area contributed by atoms with Crippen LogP contribution < -0.4 is 10.9 Å². The largest absolute Gasteiger partial charge is 0.292 e. The summed E-state index contributed by atoms with van der Waals surface area (Å²) >= 11 is 2.75. The average molecular weight is 414 g/mol. The van der Waals surface area contributed by atoms with Crippen LogP contribution in [0.25, 0.3) is 10.2 Å². The van der Waals surface area contributed by atoms with Crippen molar-refractivity contribution in [3.8, 4) is 0 Å². The number of fused-ring (bicyclic) bond motifs is 3. The predicted octanol–water partition coefficient (Wildman–Crippen LogP) is 2.92. The third-order valence-electron chi connectivity index (χ3n) is 4.78. The molecule has 2 aromatic heterocycles. The maximum absolute atomic E-state index is 12.9. The number of hydrogen-bond acceptors (Lipinski definition) is 6. The number of carbonyl (C=O) groups excluding carboxylic acids is 2. The second-order valence-corrected chi connectivity index (χ2v) is 8.71. The summed E-state index contributed by atoms with van der Waals surface area (Å²) in [7, 11) is 1.68. The number of nitrogens with zero attached hydrogens (tertiary/aromatic N) is 2. The summed E-state index contributed by atoms with van der Waals surface area (Å²) in [4.78, 5) is 43.7. The molecule has 3 aromatic rings. The molecule has 0 atom stereocenters. The highest BCUT2D eigenvalue weighted by Gasteiger charge is 2.21. The standard InChI is InChI=1S/C20H19N3O3S2/c1-23-19(26)16-13-9-5-6-10-14(13)28-18(16)22-20(23)27-11-15(24)21-17(25)12-7-3-2-4-8-12/h2-4,7-8H,5-6,9-11H2,1H3,(H,21,24,25). The number of imide groups is 1. The molecule has 0 unspecified atom stereocenters. The maximum Gasteiger partial charge on any atom is 0.262 e. The first kappa shape index (κ1) is 18.9. The van der Waals surface area contributed by atoms with Gasteiger partial charge < -0.3 is 0 Å². The molecule has 28 heavy (non-hydrogen) atoms. The summed E-state index contributed by atoms with van der Waals surface area (Å²) in [6.45, 7) is 0. The van der Waals surface area contributed by atoms with Crippen molar-refractivity contribution in [2.45, 2.75) is 30.8 Å². The molecule has 2 heterocycles. The van der Waals surface area contributed by atoms with Gasteiger partial charge in [-0.15, -0.1) is 11.3 Å². The van der Waals surface area contributed by atoms with Gasteiger partial charge in [-0.25, -0.2) is 4.98 Å². The fraction of sp³-hybridized carbons (Fsp3) is 0.300. The van der Waals surface area contributed by atoms with Crippen LogP contribution in [0, 0.1) is 0 Å². The number of amides is 2. The van der Waals surface area contributed by atoms with Gasteiger partial charge in [0.1, 0.15) is 4.83 Å². The van der Waals surface area contributed by atoms with Crippen molar-refractivity contribution >= 4 is 45.1 Å². The fourth-order valence-electron chi connectivity index (χ4n) is 3.35. The smallest absolute Gasteiger partial charge is 0.262 e. The monoisotopic (exact) mass is 413 g/mol. The molecule has 144 valence electrons. The highest BCUT2D eigenvalue weighted by Crippen LogP contribution is 2.34. The van der Waals surface area contributed by atoms with Crippen molar-refractivity contribution < 1.29 is 9.59 Å². The predicted molar refractivity (Wildman–Crippen MR) is 111 cm³/mol. The van der Waals surface area contributed by atoms with Gasteiger partial charge in [0.25, 0.3) is 11.5 Å². The van der Waals surface area contributed by atoms with E-state index in [-0.39, 0.29) is 11.3 Å². The van der Waals surface area contributed by atoms with Crippen molar-refractivity contribution in [1.82, 2.24) is 14.9 Å². The van der Waals surface area contributed by atoms with Gasteiger partial charge >= 0.3 is 0 Å². The van der Waals surface area contributed by atoms with E-state index in [0.29, 0.717) is 10.7 Å². The number of aromatic nitrogens is 2. The first-order valence-electron chi connectivity index (χ1n) is 9.08. The Morgan fingerprint density at radius 3 is 2.75 bits per heavy atom. The van der Waals surface area contributed by atoms with Gasteiger partial charge in [-0.05, 0) is 43.4 Å². The third-order valence-corrected chi connectivity index (χ3v) is 6.99. The number of benzene rings is 1. The average Bonchev–Trinajstić information content (AvgIpc) is 3.08. The third kappa shape index (κ3) is 3.62. The van der Waals surface area contributed by atoms with Crippen molar-refractivity contribution in [3.05, 3.63) is 56.7 Å². The molecule has 4 rings (SSSR count). The lowest BCUT2D eigenvalue weighted by molar-refractivity contribution is -0.117. The Morgan fingerprint density at radius 2 is 1.96 bits per heavy atom. The topological polar surface area (TPSA) is 81.1 Å². The van der Waals surface area contributed by atoms with Gasteiger partial charge in [-0.3, -0.25) is 24.3 Å². The van der Waals surface area contributed by atoms with E-state index in [9.17, 15) is 14.4 Å². The van der Waals surface area contributed by atoms with Gasteiger partial charge in [0.05, 0.1) is 11.1 Å². The van der Waals surface area contributed by atoms with Gasteiger partial charge in [0, 0.05) is 17.5 Å². The molecular formula is C20H19N3O3S2. The Bertz CT molecular complexity index is 1120. The maximum atomic E-state index is 12.9. The van der Waals surface area contributed by atoms with Gasteiger partial charge in [0.15, 0.2) is 5.16 Å². The van der Waals surface area contributed by atoms with Crippen LogP contribution in [0.3, 0.4) is 0 Å². The van der Waals surface area contributed by atoms with Crippen LogP contribution in [0.4, 0.5) is 0 Å². The van der Waals surface area contributed by atoms with E-state index >= 15 is 0 Å². The Morgan fingerprint density at radius 1 is 1.21 bits per heavy atom. The van der Waals surface area contributed by atoms with Crippen molar-refractivity contribution in [1.29, 1.82) is 0 Å². The van der Waals surface area contributed by atoms with Crippen LogP contribution in [0.5, 0.6) is 0 Å². The van der Waals surface area contributed by atoms with E-state index in [2.05, 4.69) is 10.3 Å². The van der Waals surface area contributed by atoms with Crippen molar-refractivity contribution in [3.63, 3.8) is 0 Å². The summed E-state index contributed by atoms with van der Waals surface area (Å²) in [5, 5.41) is 3.58. The normalized spacial score (nSPS) is 13.3.